The van der Waals surface area contributed by atoms with E-state index in [4.69, 9.17) is 15.0 Å². The van der Waals surface area contributed by atoms with Crippen LogP contribution in [0.2, 0.25) is 0 Å². The third-order valence-corrected chi connectivity index (χ3v) is 9.18. The van der Waals surface area contributed by atoms with Crippen LogP contribution in [-0.4, -0.2) is 21.8 Å². The third-order valence-electron chi connectivity index (χ3n) is 9.18. The van der Waals surface area contributed by atoms with Crippen LogP contribution in [0.4, 0.5) is 5.69 Å². The maximum Gasteiger partial charge on any atom is 0.321 e. The number of nitrogens with zero attached hydrogens (tertiary/aromatic N) is 4. The second-order valence-corrected chi connectivity index (χ2v) is 12.1. The van der Waals surface area contributed by atoms with Crippen LogP contribution in [0.15, 0.2) is 176 Å². The van der Waals surface area contributed by atoms with E-state index < -0.39 is 0 Å². The summed E-state index contributed by atoms with van der Waals surface area (Å²) in [6.45, 7) is 0.0902. The molecule has 224 valence electrons. The molecule has 0 N–H and O–H groups in total. The van der Waals surface area contributed by atoms with Gasteiger partial charge < -0.3 is 4.81 Å². The summed E-state index contributed by atoms with van der Waals surface area (Å²) in [5, 5.41) is 0. The van der Waals surface area contributed by atoms with E-state index in [1.165, 1.54) is 39.0 Å². The van der Waals surface area contributed by atoms with Gasteiger partial charge in [-0.25, -0.2) is 15.0 Å². The zero-order chi connectivity index (χ0) is 31.9. The van der Waals surface area contributed by atoms with Gasteiger partial charge >= 0.3 is 6.85 Å². The number of anilines is 1. The highest BCUT2D eigenvalue weighted by atomic mass is 15.1. The maximum atomic E-state index is 4.92. The molecule has 3 heterocycles. The minimum absolute atomic E-state index is 0.0902. The molecule has 7 aromatic rings. The summed E-state index contributed by atoms with van der Waals surface area (Å²) in [4.78, 5) is 17.1. The molecule has 0 radical (unpaired) electrons. The summed E-state index contributed by atoms with van der Waals surface area (Å²) in [6, 6.07) is 55.0. The van der Waals surface area contributed by atoms with E-state index in [9.17, 15) is 0 Å². The quantitative estimate of drug-likeness (QED) is 0.182. The van der Waals surface area contributed by atoms with Crippen molar-refractivity contribution in [2.75, 3.05) is 4.81 Å². The number of para-hydroxylation sites is 1. The van der Waals surface area contributed by atoms with Crippen molar-refractivity contribution >= 4 is 23.6 Å². The second kappa shape index (κ2) is 11.8. The van der Waals surface area contributed by atoms with Crippen molar-refractivity contribution in [3.8, 4) is 56.4 Å². The van der Waals surface area contributed by atoms with Gasteiger partial charge in [-0.1, -0.05) is 158 Å². The van der Waals surface area contributed by atoms with Gasteiger partial charge in [-0.05, 0) is 51.6 Å². The fraction of sp³-hybridized carbons (Fsp3) is 0. The molecule has 48 heavy (non-hydrogen) atoms. The molecule has 6 aromatic carbocycles. The summed E-state index contributed by atoms with van der Waals surface area (Å²) >= 11 is 0. The fourth-order valence-corrected chi connectivity index (χ4v) is 6.76. The standard InChI is InChI=1S/C43H29BN4/c1-4-12-30(13-5-1)36-26-27-48-40-19-11-10-18-38(40)37-25-24-35(28-39(37)44(48)29-36)31-20-22-34(23-21-31)43-46-41(32-14-6-2-7-15-32)45-42(47-43)33-16-8-3-9-17-33/h1-29H. The lowest BCUT2D eigenvalue weighted by atomic mass is 9.48. The summed E-state index contributed by atoms with van der Waals surface area (Å²) in [7, 11) is 0. The molecular weight excluding hydrogens is 583 g/mol. The van der Waals surface area contributed by atoms with Crippen LogP contribution in [0.5, 0.6) is 0 Å². The lowest BCUT2D eigenvalue weighted by Crippen LogP contribution is -2.49. The van der Waals surface area contributed by atoms with Gasteiger partial charge in [0.25, 0.3) is 0 Å². The molecule has 1 aromatic heterocycles. The molecule has 0 spiro atoms. The second-order valence-electron chi connectivity index (χ2n) is 12.1. The van der Waals surface area contributed by atoms with Crippen LogP contribution in [0, 0.1) is 0 Å². The Bertz CT molecular complexity index is 2280. The van der Waals surface area contributed by atoms with Gasteiger partial charge in [-0.2, -0.15) is 0 Å². The fourth-order valence-electron chi connectivity index (χ4n) is 6.76. The summed E-state index contributed by atoms with van der Waals surface area (Å²) in [5.74, 6) is 4.37. The van der Waals surface area contributed by atoms with Crippen LogP contribution in [0.25, 0.3) is 62.0 Å². The first-order valence-corrected chi connectivity index (χ1v) is 16.2. The molecule has 5 heteroatoms. The van der Waals surface area contributed by atoms with Crippen molar-refractivity contribution in [1.29, 1.82) is 0 Å². The Morgan fingerprint density at radius 3 is 1.54 bits per heavy atom. The lowest BCUT2D eigenvalue weighted by Gasteiger charge is -2.37. The molecule has 9 rings (SSSR count). The highest BCUT2D eigenvalue weighted by molar-refractivity contribution is 6.84. The number of rotatable bonds is 5. The lowest BCUT2D eigenvalue weighted by molar-refractivity contribution is 1.07. The largest absolute Gasteiger partial charge is 0.383 e. The summed E-state index contributed by atoms with van der Waals surface area (Å²) in [6.07, 6.45) is 4.46. The topological polar surface area (TPSA) is 41.9 Å². The molecule has 2 aliphatic heterocycles. The average molecular weight is 613 g/mol. The van der Waals surface area contributed by atoms with Crippen molar-refractivity contribution in [3.05, 3.63) is 182 Å². The molecule has 0 saturated carbocycles. The van der Waals surface area contributed by atoms with Gasteiger partial charge in [0.05, 0.1) is 0 Å². The molecule has 0 bridgehead atoms. The third kappa shape index (κ3) is 5.02. The van der Waals surface area contributed by atoms with Crippen LogP contribution < -0.4 is 10.3 Å². The maximum absolute atomic E-state index is 4.92. The predicted molar refractivity (Wildman–Crippen MR) is 198 cm³/mol. The van der Waals surface area contributed by atoms with Gasteiger partial charge in [0.2, 0.25) is 0 Å². The summed E-state index contributed by atoms with van der Waals surface area (Å²) in [5.41, 5.74) is 12.7. The van der Waals surface area contributed by atoms with Gasteiger partial charge in [-0.15, -0.1) is 0 Å². The molecule has 0 fully saturated rings. The Labute approximate surface area is 280 Å². The summed E-state index contributed by atoms with van der Waals surface area (Å²) < 4.78 is 0. The Balaban J connectivity index is 1.11. The molecular formula is C43H29BN4. The molecule has 0 amide bonds. The number of benzene rings is 6. The number of aromatic nitrogens is 3. The Morgan fingerprint density at radius 1 is 0.417 bits per heavy atom. The first kappa shape index (κ1) is 27.9. The van der Waals surface area contributed by atoms with Crippen LogP contribution in [-0.2, 0) is 0 Å². The zero-order valence-electron chi connectivity index (χ0n) is 26.1. The van der Waals surface area contributed by atoms with Crippen molar-refractivity contribution in [2.45, 2.75) is 0 Å². The van der Waals surface area contributed by atoms with E-state index in [2.05, 4.69) is 120 Å². The normalized spacial score (nSPS) is 13.0. The van der Waals surface area contributed by atoms with Crippen molar-refractivity contribution < 1.29 is 0 Å². The monoisotopic (exact) mass is 612 g/mol. The van der Waals surface area contributed by atoms with Crippen molar-refractivity contribution in [3.63, 3.8) is 0 Å². The van der Waals surface area contributed by atoms with Crippen molar-refractivity contribution in [1.82, 2.24) is 15.0 Å². The zero-order valence-corrected chi connectivity index (χ0v) is 26.1. The molecule has 2 aliphatic rings. The van der Waals surface area contributed by atoms with Crippen molar-refractivity contribution in [2.24, 2.45) is 0 Å². The molecule has 0 atom stereocenters. The Hall–Kier alpha value is -6.33. The van der Waals surface area contributed by atoms with E-state index >= 15 is 0 Å². The smallest absolute Gasteiger partial charge is 0.321 e. The minimum Gasteiger partial charge on any atom is -0.383 e. The van der Waals surface area contributed by atoms with Crippen LogP contribution >= 0.6 is 0 Å². The van der Waals surface area contributed by atoms with E-state index in [0.29, 0.717) is 17.5 Å². The molecule has 4 nitrogen and oxygen atoms in total. The Morgan fingerprint density at radius 2 is 0.917 bits per heavy atom. The van der Waals surface area contributed by atoms with Gasteiger partial charge in [-0.3, -0.25) is 0 Å². The first-order valence-electron chi connectivity index (χ1n) is 16.2. The van der Waals surface area contributed by atoms with Gasteiger partial charge in [0.1, 0.15) is 0 Å². The first-order chi connectivity index (χ1) is 23.8. The predicted octanol–water partition coefficient (Wildman–Crippen LogP) is 9.38. The van der Waals surface area contributed by atoms with E-state index in [1.807, 2.05) is 60.7 Å². The van der Waals surface area contributed by atoms with Gasteiger partial charge in [0, 0.05) is 27.9 Å². The van der Waals surface area contributed by atoms with Crippen LogP contribution in [0.1, 0.15) is 5.56 Å². The number of hydrogen-bond donors (Lipinski definition) is 0. The SMILES string of the molecule is C1=CN2B(C=C1c1ccccc1)c1cc(-c3ccc(-c4nc(-c5ccccc5)nc(-c5ccccc5)n4)cc3)ccc1-c1ccccc12. The highest BCUT2D eigenvalue weighted by Gasteiger charge is 2.34. The average Bonchev–Trinajstić information content (AvgIpc) is 3.18. The van der Waals surface area contributed by atoms with E-state index in [-0.39, 0.29) is 6.85 Å². The molecule has 0 saturated heterocycles. The van der Waals surface area contributed by atoms with Crippen LogP contribution in [0.3, 0.4) is 0 Å². The number of fused-ring (bicyclic) bond motifs is 6. The van der Waals surface area contributed by atoms with E-state index in [0.717, 1.165) is 22.3 Å². The van der Waals surface area contributed by atoms with Gasteiger partial charge in [0.15, 0.2) is 17.5 Å². The Kier molecular flexibility index (Phi) is 6.87. The number of hydrogen-bond acceptors (Lipinski definition) is 4. The molecule has 0 aliphatic carbocycles. The minimum atomic E-state index is 0.0902. The van der Waals surface area contributed by atoms with E-state index in [1.54, 1.807) is 0 Å². The molecule has 0 unspecified atom stereocenters. The highest BCUT2D eigenvalue weighted by Crippen LogP contribution is 2.39. The number of allylic oxidation sites excluding steroid dienone is 2.